The SMILES string of the molecule is Cc1cc(F)ccc1S(=O)(=O)Nc1cccnc1-n1cccn1. The van der Waals surface area contributed by atoms with Crippen LogP contribution in [0.1, 0.15) is 5.56 Å². The molecule has 6 nitrogen and oxygen atoms in total. The molecule has 2 heterocycles. The molecule has 0 saturated carbocycles. The van der Waals surface area contributed by atoms with Crippen LogP contribution in [0, 0.1) is 12.7 Å². The Morgan fingerprint density at radius 2 is 2.00 bits per heavy atom. The molecule has 3 rings (SSSR count). The van der Waals surface area contributed by atoms with Gasteiger partial charge in [-0.25, -0.2) is 22.5 Å². The number of anilines is 1. The molecule has 0 radical (unpaired) electrons. The van der Waals surface area contributed by atoms with Gasteiger partial charge in [0.1, 0.15) is 5.82 Å². The van der Waals surface area contributed by atoms with Crippen LogP contribution in [-0.4, -0.2) is 23.2 Å². The molecule has 0 atom stereocenters. The van der Waals surface area contributed by atoms with Crippen LogP contribution in [0.3, 0.4) is 0 Å². The monoisotopic (exact) mass is 332 g/mol. The summed E-state index contributed by atoms with van der Waals surface area (Å²) < 4.78 is 42.2. The molecule has 3 aromatic rings. The number of nitrogens with zero attached hydrogens (tertiary/aromatic N) is 3. The predicted octanol–water partition coefficient (Wildman–Crippen LogP) is 2.52. The summed E-state index contributed by atoms with van der Waals surface area (Å²) in [7, 11) is -3.87. The lowest BCUT2D eigenvalue weighted by Crippen LogP contribution is -2.16. The molecule has 0 fully saturated rings. The first-order chi connectivity index (χ1) is 11.0. The molecule has 1 N–H and O–H groups in total. The first kappa shape index (κ1) is 15.2. The summed E-state index contributed by atoms with van der Waals surface area (Å²) in [5.41, 5.74) is 0.599. The van der Waals surface area contributed by atoms with Gasteiger partial charge in [0.2, 0.25) is 0 Å². The van der Waals surface area contributed by atoms with Crippen LogP contribution in [0.2, 0.25) is 0 Å². The van der Waals surface area contributed by atoms with E-state index in [1.54, 1.807) is 30.6 Å². The van der Waals surface area contributed by atoms with Gasteiger partial charge in [0, 0.05) is 18.6 Å². The third kappa shape index (κ3) is 3.07. The topological polar surface area (TPSA) is 76.9 Å². The third-order valence-corrected chi connectivity index (χ3v) is 4.70. The maximum atomic E-state index is 13.2. The van der Waals surface area contributed by atoms with Crippen LogP contribution in [0.15, 0.2) is 59.9 Å². The highest BCUT2D eigenvalue weighted by Gasteiger charge is 2.19. The molecule has 0 saturated heterocycles. The van der Waals surface area contributed by atoms with Crippen molar-refractivity contribution >= 4 is 15.7 Å². The number of sulfonamides is 1. The van der Waals surface area contributed by atoms with Crippen molar-refractivity contribution in [3.05, 3.63) is 66.4 Å². The van der Waals surface area contributed by atoms with Crippen molar-refractivity contribution < 1.29 is 12.8 Å². The molecule has 0 aliphatic carbocycles. The molecule has 0 aliphatic rings. The quantitative estimate of drug-likeness (QED) is 0.796. The Bertz CT molecular complexity index is 940. The van der Waals surface area contributed by atoms with Gasteiger partial charge in [0.25, 0.3) is 10.0 Å². The van der Waals surface area contributed by atoms with Gasteiger partial charge in [-0.1, -0.05) is 0 Å². The summed E-state index contributed by atoms with van der Waals surface area (Å²) in [5.74, 6) is -0.138. The fourth-order valence-corrected chi connectivity index (χ4v) is 3.46. The number of aryl methyl sites for hydroxylation is 1. The molecule has 1 aromatic carbocycles. The Kier molecular flexibility index (Phi) is 3.83. The van der Waals surface area contributed by atoms with Gasteiger partial charge in [-0.15, -0.1) is 0 Å². The largest absolute Gasteiger partial charge is 0.276 e. The minimum Gasteiger partial charge on any atom is -0.276 e. The number of rotatable bonds is 4. The van der Waals surface area contributed by atoms with E-state index in [9.17, 15) is 12.8 Å². The number of hydrogen-bond donors (Lipinski definition) is 1. The molecule has 0 bridgehead atoms. The van der Waals surface area contributed by atoms with Gasteiger partial charge in [-0.2, -0.15) is 5.10 Å². The summed E-state index contributed by atoms with van der Waals surface area (Å²) in [6, 6.07) is 8.42. The van der Waals surface area contributed by atoms with Crippen molar-refractivity contribution in [1.29, 1.82) is 0 Å². The number of pyridine rings is 1. The first-order valence-corrected chi connectivity index (χ1v) is 8.20. The van der Waals surface area contributed by atoms with Crippen LogP contribution >= 0.6 is 0 Å². The van der Waals surface area contributed by atoms with E-state index in [2.05, 4.69) is 14.8 Å². The lowest BCUT2D eigenvalue weighted by atomic mass is 10.2. The van der Waals surface area contributed by atoms with Crippen molar-refractivity contribution in [1.82, 2.24) is 14.8 Å². The minimum atomic E-state index is -3.87. The van der Waals surface area contributed by atoms with Gasteiger partial charge in [-0.05, 0) is 48.9 Å². The Labute approximate surface area is 132 Å². The van der Waals surface area contributed by atoms with Crippen molar-refractivity contribution in [2.24, 2.45) is 0 Å². The summed E-state index contributed by atoms with van der Waals surface area (Å²) in [5, 5.41) is 4.05. The van der Waals surface area contributed by atoms with E-state index in [1.165, 1.54) is 29.9 Å². The molecule has 118 valence electrons. The summed E-state index contributed by atoms with van der Waals surface area (Å²) >= 11 is 0. The number of hydrogen-bond acceptors (Lipinski definition) is 4. The number of benzene rings is 1. The number of halogens is 1. The molecule has 0 spiro atoms. The highest BCUT2D eigenvalue weighted by atomic mass is 32.2. The fraction of sp³-hybridized carbons (Fsp3) is 0.0667. The van der Waals surface area contributed by atoms with Gasteiger partial charge in [-0.3, -0.25) is 4.72 Å². The molecule has 23 heavy (non-hydrogen) atoms. The van der Waals surface area contributed by atoms with E-state index in [0.717, 1.165) is 6.07 Å². The van der Waals surface area contributed by atoms with Crippen molar-refractivity contribution in [3.63, 3.8) is 0 Å². The standard InChI is InChI=1S/C15H13FN4O2S/c1-11-10-12(16)5-6-14(11)23(21,22)19-13-4-2-7-17-15(13)20-9-3-8-18-20/h2-10,19H,1H3. The lowest BCUT2D eigenvalue weighted by molar-refractivity contribution is 0.598. The maximum absolute atomic E-state index is 13.2. The van der Waals surface area contributed by atoms with E-state index in [-0.39, 0.29) is 10.6 Å². The smallest absolute Gasteiger partial charge is 0.262 e. The normalized spacial score (nSPS) is 11.4. The Morgan fingerprint density at radius 1 is 1.17 bits per heavy atom. The van der Waals surface area contributed by atoms with E-state index in [0.29, 0.717) is 11.4 Å². The second-order valence-electron chi connectivity index (χ2n) is 4.84. The zero-order chi connectivity index (χ0) is 16.4. The van der Waals surface area contributed by atoms with Gasteiger partial charge in [0.15, 0.2) is 5.82 Å². The third-order valence-electron chi connectivity index (χ3n) is 3.18. The minimum absolute atomic E-state index is 0.00849. The highest BCUT2D eigenvalue weighted by molar-refractivity contribution is 7.92. The number of nitrogens with one attached hydrogen (secondary N) is 1. The zero-order valence-electron chi connectivity index (χ0n) is 12.1. The summed E-state index contributed by atoms with van der Waals surface area (Å²) in [6.07, 6.45) is 4.76. The van der Waals surface area contributed by atoms with E-state index in [1.807, 2.05) is 0 Å². The molecule has 0 amide bonds. The van der Waals surface area contributed by atoms with Gasteiger partial charge >= 0.3 is 0 Å². The number of aromatic nitrogens is 3. The average molecular weight is 332 g/mol. The maximum Gasteiger partial charge on any atom is 0.262 e. The van der Waals surface area contributed by atoms with Gasteiger partial charge in [0.05, 0.1) is 10.6 Å². The summed E-state index contributed by atoms with van der Waals surface area (Å²) in [4.78, 5) is 4.16. The van der Waals surface area contributed by atoms with E-state index < -0.39 is 15.8 Å². The molecular formula is C15H13FN4O2S. The second-order valence-corrected chi connectivity index (χ2v) is 6.49. The van der Waals surface area contributed by atoms with Crippen LogP contribution in [0.25, 0.3) is 5.82 Å². The Hall–Kier alpha value is -2.74. The van der Waals surface area contributed by atoms with Gasteiger partial charge < -0.3 is 0 Å². The molecule has 0 unspecified atom stereocenters. The average Bonchev–Trinajstić information content (AvgIpc) is 3.01. The van der Waals surface area contributed by atoms with Crippen molar-refractivity contribution in [2.45, 2.75) is 11.8 Å². The zero-order valence-corrected chi connectivity index (χ0v) is 13.0. The van der Waals surface area contributed by atoms with E-state index in [4.69, 9.17) is 0 Å². The molecular weight excluding hydrogens is 319 g/mol. The lowest BCUT2D eigenvalue weighted by Gasteiger charge is -2.13. The second kappa shape index (κ2) is 5.81. The molecule has 8 heteroatoms. The Morgan fingerprint density at radius 3 is 2.70 bits per heavy atom. The molecule has 0 aliphatic heterocycles. The van der Waals surface area contributed by atoms with E-state index >= 15 is 0 Å². The summed E-state index contributed by atoms with van der Waals surface area (Å²) in [6.45, 7) is 1.54. The molecule has 2 aromatic heterocycles. The van der Waals surface area contributed by atoms with Crippen LogP contribution < -0.4 is 4.72 Å². The van der Waals surface area contributed by atoms with Crippen LogP contribution in [-0.2, 0) is 10.0 Å². The van der Waals surface area contributed by atoms with Crippen LogP contribution in [0.5, 0.6) is 0 Å². The fourth-order valence-electron chi connectivity index (χ4n) is 2.17. The first-order valence-electron chi connectivity index (χ1n) is 6.71. The predicted molar refractivity (Wildman–Crippen MR) is 83.3 cm³/mol. The van der Waals surface area contributed by atoms with Crippen LogP contribution in [0.4, 0.5) is 10.1 Å². The Balaban J connectivity index is 2.02. The van der Waals surface area contributed by atoms with Crippen molar-refractivity contribution in [3.8, 4) is 5.82 Å². The highest BCUT2D eigenvalue weighted by Crippen LogP contribution is 2.23. The van der Waals surface area contributed by atoms with Crippen molar-refractivity contribution in [2.75, 3.05) is 4.72 Å².